The van der Waals surface area contributed by atoms with Gasteiger partial charge in [-0.1, -0.05) is 19.1 Å². The molecule has 0 aliphatic carbocycles. The smallest absolute Gasteiger partial charge is 0.357 e. The molecule has 21 heavy (non-hydrogen) atoms. The topological polar surface area (TPSA) is 36.4 Å². The van der Waals surface area contributed by atoms with Crippen LogP contribution in [0.25, 0.3) is 0 Å². The van der Waals surface area contributed by atoms with Crippen LogP contribution in [0.3, 0.4) is 0 Å². The Balaban J connectivity index is 2.47. The van der Waals surface area contributed by atoms with Gasteiger partial charge in [0.05, 0.1) is 5.56 Å². The first-order chi connectivity index (χ1) is 9.97. The summed E-state index contributed by atoms with van der Waals surface area (Å²) in [5.74, 6) is 0.742. The Kier molecular flexibility index (Phi) is 7.05. The average molecular weight is 301 g/mol. The van der Waals surface area contributed by atoms with Crippen LogP contribution in [0.4, 0.5) is 13.2 Å². The number of nitrogens with one attached hydrogen (secondary N) is 2. The van der Waals surface area contributed by atoms with Crippen molar-refractivity contribution in [2.24, 2.45) is 4.99 Å². The number of guanidine groups is 1. The molecule has 0 aliphatic heterocycles. The van der Waals surface area contributed by atoms with Gasteiger partial charge in [0.2, 0.25) is 0 Å². The van der Waals surface area contributed by atoms with Gasteiger partial charge in [-0.3, -0.25) is 4.99 Å². The molecule has 0 saturated heterocycles. The molecule has 0 fully saturated rings. The van der Waals surface area contributed by atoms with Crippen LogP contribution in [0.1, 0.15) is 31.4 Å². The van der Waals surface area contributed by atoms with Crippen molar-refractivity contribution in [3.63, 3.8) is 0 Å². The average Bonchev–Trinajstić information content (AvgIpc) is 2.44. The molecule has 1 aromatic carbocycles. The minimum Gasteiger partial charge on any atom is -0.357 e. The van der Waals surface area contributed by atoms with Crippen molar-refractivity contribution in [1.82, 2.24) is 10.6 Å². The van der Waals surface area contributed by atoms with Gasteiger partial charge >= 0.3 is 6.18 Å². The second kappa shape index (κ2) is 8.54. The highest BCUT2D eigenvalue weighted by Crippen LogP contribution is 2.29. The molecule has 2 N–H and O–H groups in total. The molecule has 0 unspecified atom stereocenters. The highest BCUT2D eigenvalue weighted by molar-refractivity contribution is 5.79. The summed E-state index contributed by atoms with van der Waals surface area (Å²) in [6.07, 6.45) is -2.66. The number of benzene rings is 1. The summed E-state index contributed by atoms with van der Waals surface area (Å²) in [6, 6.07) is 5.26. The largest absolute Gasteiger partial charge is 0.416 e. The maximum absolute atomic E-state index is 12.4. The molecule has 0 amide bonds. The molecular formula is C15H22F3N3. The standard InChI is InChI=1S/C15H22F3N3/c1-3-10-20-14(19-4-2)21-11-9-12-5-7-13(8-6-12)15(16,17)18/h5-8H,3-4,9-11H2,1-2H3,(H2,19,20,21). The van der Waals surface area contributed by atoms with Gasteiger partial charge in [0.1, 0.15) is 0 Å². The SMILES string of the molecule is CCCN=C(NCC)NCCc1ccc(C(F)(F)F)cc1. The zero-order valence-corrected chi connectivity index (χ0v) is 12.4. The molecule has 3 nitrogen and oxygen atoms in total. The summed E-state index contributed by atoms with van der Waals surface area (Å²) in [4.78, 5) is 4.36. The highest BCUT2D eigenvalue weighted by atomic mass is 19.4. The first kappa shape index (κ1) is 17.3. The maximum Gasteiger partial charge on any atom is 0.416 e. The molecule has 0 atom stereocenters. The molecule has 1 rings (SSSR count). The quantitative estimate of drug-likeness (QED) is 0.625. The van der Waals surface area contributed by atoms with Crippen LogP contribution in [0, 0.1) is 0 Å². The first-order valence-electron chi connectivity index (χ1n) is 7.15. The van der Waals surface area contributed by atoms with Gasteiger partial charge in [0.15, 0.2) is 5.96 Å². The van der Waals surface area contributed by atoms with E-state index in [9.17, 15) is 13.2 Å². The molecule has 0 spiro atoms. The third-order valence-corrected chi connectivity index (χ3v) is 2.83. The fourth-order valence-electron chi connectivity index (χ4n) is 1.75. The van der Waals surface area contributed by atoms with Crippen molar-refractivity contribution >= 4 is 5.96 Å². The van der Waals surface area contributed by atoms with Crippen LogP contribution in [-0.2, 0) is 12.6 Å². The van der Waals surface area contributed by atoms with Gasteiger partial charge in [-0.25, -0.2) is 0 Å². The van der Waals surface area contributed by atoms with Crippen LogP contribution < -0.4 is 10.6 Å². The first-order valence-corrected chi connectivity index (χ1v) is 7.15. The number of aliphatic imine (C=N–C) groups is 1. The van der Waals surface area contributed by atoms with E-state index in [1.807, 2.05) is 6.92 Å². The molecule has 0 bridgehead atoms. The van der Waals surface area contributed by atoms with Crippen molar-refractivity contribution in [3.05, 3.63) is 35.4 Å². The van der Waals surface area contributed by atoms with E-state index in [4.69, 9.17) is 0 Å². The van der Waals surface area contributed by atoms with Gasteiger partial charge < -0.3 is 10.6 Å². The molecule has 0 aromatic heterocycles. The minimum atomic E-state index is -4.28. The van der Waals surface area contributed by atoms with Gasteiger partial charge in [0, 0.05) is 19.6 Å². The Morgan fingerprint density at radius 1 is 1.10 bits per heavy atom. The zero-order chi connectivity index (χ0) is 15.7. The number of alkyl halides is 3. The van der Waals surface area contributed by atoms with E-state index in [0.29, 0.717) is 13.0 Å². The fraction of sp³-hybridized carbons (Fsp3) is 0.533. The Bertz CT molecular complexity index is 438. The number of halogens is 3. The Hall–Kier alpha value is -1.72. The lowest BCUT2D eigenvalue weighted by Crippen LogP contribution is -2.38. The van der Waals surface area contributed by atoms with E-state index in [1.165, 1.54) is 12.1 Å². The lowest BCUT2D eigenvalue weighted by atomic mass is 10.1. The second-order valence-electron chi connectivity index (χ2n) is 4.63. The lowest BCUT2D eigenvalue weighted by Gasteiger charge is -2.11. The van der Waals surface area contributed by atoms with Crippen molar-refractivity contribution in [2.75, 3.05) is 19.6 Å². The zero-order valence-electron chi connectivity index (χ0n) is 12.4. The van der Waals surface area contributed by atoms with Crippen molar-refractivity contribution in [2.45, 2.75) is 32.9 Å². The number of hydrogen-bond donors (Lipinski definition) is 2. The normalized spacial score (nSPS) is 12.3. The van der Waals surface area contributed by atoms with E-state index >= 15 is 0 Å². The number of nitrogens with zero attached hydrogens (tertiary/aromatic N) is 1. The fourth-order valence-corrected chi connectivity index (χ4v) is 1.75. The van der Waals surface area contributed by atoms with Gasteiger partial charge in [0.25, 0.3) is 0 Å². The summed E-state index contributed by atoms with van der Waals surface area (Å²) in [5, 5.41) is 6.29. The minimum absolute atomic E-state index is 0.614. The van der Waals surface area contributed by atoms with Crippen LogP contribution in [0.2, 0.25) is 0 Å². The maximum atomic E-state index is 12.4. The van der Waals surface area contributed by atoms with Gasteiger partial charge in [-0.15, -0.1) is 0 Å². The number of rotatable bonds is 6. The Morgan fingerprint density at radius 2 is 1.76 bits per heavy atom. The third-order valence-electron chi connectivity index (χ3n) is 2.83. The number of hydrogen-bond acceptors (Lipinski definition) is 1. The highest BCUT2D eigenvalue weighted by Gasteiger charge is 2.29. The van der Waals surface area contributed by atoms with E-state index in [-0.39, 0.29) is 0 Å². The van der Waals surface area contributed by atoms with Crippen molar-refractivity contribution in [3.8, 4) is 0 Å². The molecule has 0 saturated carbocycles. The van der Waals surface area contributed by atoms with E-state index in [0.717, 1.165) is 43.2 Å². The summed E-state index contributed by atoms with van der Waals surface area (Å²) in [7, 11) is 0. The van der Waals surface area contributed by atoms with Crippen LogP contribution in [0.15, 0.2) is 29.3 Å². The Morgan fingerprint density at radius 3 is 2.29 bits per heavy atom. The van der Waals surface area contributed by atoms with Gasteiger partial charge in [-0.2, -0.15) is 13.2 Å². The summed E-state index contributed by atoms with van der Waals surface area (Å²) < 4.78 is 37.3. The molecule has 0 heterocycles. The van der Waals surface area contributed by atoms with Crippen LogP contribution in [0.5, 0.6) is 0 Å². The predicted octanol–water partition coefficient (Wildman–Crippen LogP) is 3.21. The van der Waals surface area contributed by atoms with Gasteiger partial charge in [-0.05, 0) is 37.5 Å². The third kappa shape index (κ3) is 6.51. The van der Waals surface area contributed by atoms with E-state index < -0.39 is 11.7 Å². The van der Waals surface area contributed by atoms with Crippen molar-refractivity contribution < 1.29 is 13.2 Å². The predicted molar refractivity (Wildman–Crippen MR) is 79.4 cm³/mol. The molecule has 6 heteroatoms. The van der Waals surface area contributed by atoms with E-state index in [1.54, 1.807) is 0 Å². The summed E-state index contributed by atoms with van der Waals surface area (Å²) in [5.41, 5.74) is 0.249. The van der Waals surface area contributed by atoms with Crippen LogP contribution in [-0.4, -0.2) is 25.6 Å². The summed E-state index contributed by atoms with van der Waals surface area (Å²) in [6.45, 7) is 6.18. The lowest BCUT2D eigenvalue weighted by molar-refractivity contribution is -0.137. The van der Waals surface area contributed by atoms with Crippen LogP contribution >= 0.6 is 0 Å². The van der Waals surface area contributed by atoms with E-state index in [2.05, 4.69) is 22.5 Å². The molecule has 118 valence electrons. The summed E-state index contributed by atoms with van der Waals surface area (Å²) >= 11 is 0. The molecular weight excluding hydrogens is 279 g/mol. The molecule has 0 radical (unpaired) electrons. The Labute approximate surface area is 123 Å². The molecule has 1 aromatic rings. The monoisotopic (exact) mass is 301 g/mol. The van der Waals surface area contributed by atoms with Crippen molar-refractivity contribution in [1.29, 1.82) is 0 Å². The molecule has 0 aliphatic rings. The second-order valence-corrected chi connectivity index (χ2v) is 4.63.